The molecule has 1 saturated heterocycles. The second kappa shape index (κ2) is 6.95. The molecule has 8 heteroatoms. The van der Waals surface area contributed by atoms with Gasteiger partial charge in [-0.25, -0.2) is 9.78 Å². The lowest BCUT2D eigenvalue weighted by atomic mass is 10.2. The Balaban J connectivity index is 1.50. The number of carbonyl (C=O) groups excluding carboxylic acids is 1. The highest BCUT2D eigenvalue weighted by atomic mass is 127. The SMILES string of the molecule is O=C(OC[C@H]1CCCN1c1ccnc2ncnn12)c1ccccc1I. The van der Waals surface area contributed by atoms with E-state index in [-0.39, 0.29) is 12.0 Å². The van der Waals surface area contributed by atoms with Gasteiger partial charge in [0, 0.05) is 16.3 Å². The first-order valence-corrected chi connectivity index (χ1v) is 9.15. The van der Waals surface area contributed by atoms with Crippen LogP contribution in [-0.2, 0) is 4.74 Å². The van der Waals surface area contributed by atoms with Crippen molar-refractivity contribution in [2.45, 2.75) is 18.9 Å². The van der Waals surface area contributed by atoms with Gasteiger partial charge >= 0.3 is 5.97 Å². The summed E-state index contributed by atoms with van der Waals surface area (Å²) in [6.07, 6.45) is 5.24. The molecule has 1 fully saturated rings. The fourth-order valence-electron chi connectivity index (χ4n) is 3.13. The Morgan fingerprint density at radius 1 is 1.28 bits per heavy atom. The molecule has 128 valence electrons. The normalized spacial score (nSPS) is 17.2. The molecule has 0 N–H and O–H groups in total. The van der Waals surface area contributed by atoms with Gasteiger partial charge in [0.1, 0.15) is 18.8 Å². The first-order valence-electron chi connectivity index (χ1n) is 8.07. The molecule has 25 heavy (non-hydrogen) atoms. The summed E-state index contributed by atoms with van der Waals surface area (Å²) in [5.74, 6) is 1.21. The quantitative estimate of drug-likeness (QED) is 0.451. The van der Waals surface area contributed by atoms with Crippen LogP contribution in [0.1, 0.15) is 23.2 Å². The second-order valence-electron chi connectivity index (χ2n) is 5.84. The molecule has 1 aliphatic heterocycles. The Morgan fingerprint density at radius 2 is 2.16 bits per heavy atom. The molecule has 0 unspecified atom stereocenters. The number of aromatic nitrogens is 4. The minimum absolute atomic E-state index is 0.125. The van der Waals surface area contributed by atoms with E-state index in [1.807, 2.05) is 24.3 Å². The first kappa shape index (κ1) is 16.2. The van der Waals surface area contributed by atoms with Crippen LogP contribution in [0.2, 0.25) is 0 Å². The molecule has 1 aliphatic rings. The topological polar surface area (TPSA) is 72.6 Å². The van der Waals surface area contributed by atoms with Gasteiger partial charge in [-0.1, -0.05) is 12.1 Å². The number of carbonyl (C=O) groups is 1. The van der Waals surface area contributed by atoms with Gasteiger partial charge in [-0.2, -0.15) is 14.6 Å². The van der Waals surface area contributed by atoms with E-state index in [0.717, 1.165) is 28.8 Å². The van der Waals surface area contributed by atoms with Gasteiger partial charge in [-0.3, -0.25) is 0 Å². The van der Waals surface area contributed by atoms with Crippen molar-refractivity contribution in [3.8, 4) is 0 Å². The molecule has 0 amide bonds. The number of halogens is 1. The van der Waals surface area contributed by atoms with Crippen LogP contribution in [0.15, 0.2) is 42.9 Å². The van der Waals surface area contributed by atoms with Gasteiger partial charge in [0.05, 0.1) is 11.6 Å². The molecule has 0 aliphatic carbocycles. The van der Waals surface area contributed by atoms with Gasteiger partial charge in [0.15, 0.2) is 0 Å². The summed E-state index contributed by atoms with van der Waals surface area (Å²) in [6, 6.07) is 9.49. The van der Waals surface area contributed by atoms with E-state index in [0.29, 0.717) is 17.9 Å². The van der Waals surface area contributed by atoms with Crippen molar-refractivity contribution in [2.75, 3.05) is 18.1 Å². The molecule has 1 aromatic carbocycles. The van der Waals surface area contributed by atoms with Crippen molar-refractivity contribution in [3.63, 3.8) is 0 Å². The van der Waals surface area contributed by atoms with Crippen molar-refractivity contribution < 1.29 is 9.53 Å². The summed E-state index contributed by atoms with van der Waals surface area (Å²) in [5.41, 5.74) is 0.607. The fraction of sp³-hybridized carbons (Fsp3) is 0.294. The standard InChI is InChI=1S/C17H16IN5O2/c18-14-6-2-1-5-13(14)16(24)25-10-12-4-3-9-22(12)15-7-8-19-17-20-11-21-23(15)17/h1-2,5-8,11-12H,3-4,9-10H2/t12-/m1/s1. The van der Waals surface area contributed by atoms with Crippen LogP contribution in [0.3, 0.4) is 0 Å². The number of anilines is 1. The minimum atomic E-state index is -0.280. The lowest BCUT2D eigenvalue weighted by molar-refractivity contribution is 0.0481. The Bertz CT molecular complexity index is 913. The largest absolute Gasteiger partial charge is 0.460 e. The number of nitrogens with zero attached hydrogens (tertiary/aromatic N) is 5. The van der Waals surface area contributed by atoms with Crippen molar-refractivity contribution in [1.82, 2.24) is 19.6 Å². The Morgan fingerprint density at radius 3 is 3.04 bits per heavy atom. The van der Waals surface area contributed by atoms with Crippen molar-refractivity contribution in [2.24, 2.45) is 0 Å². The maximum Gasteiger partial charge on any atom is 0.339 e. The zero-order valence-corrected chi connectivity index (χ0v) is 15.5. The van der Waals surface area contributed by atoms with Crippen LogP contribution in [0.5, 0.6) is 0 Å². The predicted octanol–water partition coefficient (Wildman–Crippen LogP) is 2.55. The number of hydrogen-bond donors (Lipinski definition) is 0. The third-order valence-corrected chi connectivity index (χ3v) is 5.27. The molecule has 0 spiro atoms. The van der Waals surface area contributed by atoms with Gasteiger partial charge < -0.3 is 9.64 Å². The molecule has 3 heterocycles. The van der Waals surface area contributed by atoms with E-state index in [2.05, 4.69) is 42.6 Å². The van der Waals surface area contributed by atoms with E-state index < -0.39 is 0 Å². The number of fused-ring (bicyclic) bond motifs is 1. The minimum Gasteiger partial charge on any atom is -0.460 e. The molecule has 0 radical (unpaired) electrons. The summed E-state index contributed by atoms with van der Waals surface area (Å²) >= 11 is 2.15. The monoisotopic (exact) mass is 449 g/mol. The lowest BCUT2D eigenvalue weighted by Crippen LogP contribution is -2.35. The van der Waals surface area contributed by atoms with Crippen LogP contribution in [0.4, 0.5) is 5.82 Å². The summed E-state index contributed by atoms with van der Waals surface area (Å²) < 4.78 is 8.21. The molecule has 4 rings (SSSR count). The van der Waals surface area contributed by atoms with Crippen LogP contribution in [0, 0.1) is 3.57 Å². The average molecular weight is 449 g/mol. The number of hydrogen-bond acceptors (Lipinski definition) is 6. The smallest absolute Gasteiger partial charge is 0.339 e. The van der Waals surface area contributed by atoms with Crippen LogP contribution in [-0.4, -0.2) is 44.7 Å². The summed E-state index contributed by atoms with van der Waals surface area (Å²) in [4.78, 5) is 22.9. The summed E-state index contributed by atoms with van der Waals surface area (Å²) in [5, 5.41) is 4.24. The first-order chi connectivity index (χ1) is 12.2. The third kappa shape index (κ3) is 3.17. The number of esters is 1. The van der Waals surface area contributed by atoms with E-state index >= 15 is 0 Å². The van der Waals surface area contributed by atoms with Gasteiger partial charge in [-0.05, 0) is 53.6 Å². The van der Waals surface area contributed by atoms with Crippen LogP contribution >= 0.6 is 22.6 Å². The molecular weight excluding hydrogens is 433 g/mol. The highest BCUT2D eigenvalue weighted by molar-refractivity contribution is 14.1. The Kier molecular flexibility index (Phi) is 4.51. The number of ether oxygens (including phenoxy) is 1. The molecule has 0 bridgehead atoms. The lowest BCUT2D eigenvalue weighted by Gasteiger charge is -2.26. The maximum absolute atomic E-state index is 12.4. The Hall–Kier alpha value is -2.23. The third-order valence-electron chi connectivity index (χ3n) is 4.33. The van der Waals surface area contributed by atoms with Crippen LogP contribution in [0.25, 0.3) is 5.78 Å². The van der Waals surface area contributed by atoms with Gasteiger partial charge in [0.25, 0.3) is 5.78 Å². The van der Waals surface area contributed by atoms with E-state index in [1.54, 1.807) is 16.8 Å². The summed E-state index contributed by atoms with van der Waals surface area (Å²) in [6.45, 7) is 1.24. The number of benzene rings is 1. The molecule has 2 aromatic heterocycles. The number of rotatable bonds is 4. The zero-order valence-electron chi connectivity index (χ0n) is 13.4. The van der Waals surface area contributed by atoms with Gasteiger partial charge in [-0.15, -0.1) is 0 Å². The zero-order chi connectivity index (χ0) is 17.2. The molecule has 0 saturated carbocycles. The van der Waals surface area contributed by atoms with Crippen LogP contribution < -0.4 is 4.90 Å². The Labute approximate surface area is 158 Å². The molecule has 3 aromatic rings. The van der Waals surface area contributed by atoms with E-state index in [1.165, 1.54) is 6.33 Å². The summed E-state index contributed by atoms with van der Waals surface area (Å²) in [7, 11) is 0. The van der Waals surface area contributed by atoms with Crippen molar-refractivity contribution >= 4 is 40.2 Å². The molecular formula is C17H16IN5O2. The van der Waals surface area contributed by atoms with Gasteiger partial charge in [0.2, 0.25) is 0 Å². The second-order valence-corrected chi connectivity index (χ2v) is 7.00. The molecule has 1 atom stereocenters. The average Bonchev–Trinajstić information content (AvgIpc) is 3.28. The van der Waals surface area contributed by atoms with E-state index in [9.17, 15) is 4.79 Å². The van der Waals surface area contributed by atoms with E-state index in [4.69, 9.17) is 4.74 Å². The maximum atomic E-state index is 12.4. The predicted molar refractivity (Wildman–Crippen MR) is 101 cm³/mol. The van der Waals surface area contributed by atoms with Crippen molar-refractivity contribution in [3.05, 3.63) is 52.0 Å². The highest BCUT2D eigenvalue weighted by Crippen LogP contribution is 2.25. The molecule has 7 nitrogen and oxygen atoms in total. The highest BCUT2D eigenvalue weighted by Gasteiger charge is 2.28. The fourth-order valence-corrected chi connectivity index (χ4v) is 3.74. The van der Waals surface area contributed by atoms with Crippen molar-refractivity contribution in [1.29, 1.82) is 0 Å².